The van der Waals surface area contributed by atoms with Gasteiger partial charge in [0, 0.05) is 28.8 Å². The molecule has 0 aliphatic carbocycles. The molecule has 8 heteroatoms. The van der Waals surface area contributed by atoms with E-state index in [-0.39, 0.29) is 18.2 Å². The van der Waals surface area contributed by atoms with Gasteiger partial charge in [0.05, 0.1) is 5.75 Å². The molecule has 0 saturated heterocycles. The third-order valence-corrected chi connectivity index (χ3v) is 4.61. The summed E-state index contributed by atoms with van der Waals surface area (Å²) in [5.41, 5.74) is 7.38. The van der Waals surface area contributed by atoms with Crippen LogP contribution in [0.1, 0.15) is 22.8 Å². The topological polar surface area (TPSA) is 101 Å². The van der Waals surface area contributed by atoms with Gasteiger partial charge in [0.2, 0.25) is 10.0 Å². The second kappa shape index (κ2) is 7.05. The zero-order valence-corrected chi connectivity index (χ0v) is 13.8. The Morgan fingerprint density at radius 1 is 1.40 bits per heavy atom. The third-order valence-electron chi connectivity index (χ3n) is 2.68. The molecule has 4 N–H and O–H groups in total. The van der Waals surface area contributed by atoms with Gasteiger partial charge in [-0.15, -0.1) is 0 Å². The maximum absolute atomic E-state index is 12.0. The standard InChI is InChI=1S/C12H18BrN3O3S/c1-3-16-20(18,19)5-4-15-12(17)10-6-9(13)7-11(14)8(10)2/h6-7,16H,3-5,14H2,1-2H3,(H,15,17). The van der Waals surface area contributed by atoms with Crippen LogP contribution in [0.2, 0.25) is 0 Å². The first kappa shape index (κ1) is 16.9. The summed E-state index contributed by atoms with van der Waals surface area (Å²) >= 11 is 3.27. The molecule has 6 nitrogen and oxygen atoms in total. The molecule has 112 valence electrons. The van der Waals surface area contributed by atoms with E-state index >= 15 is 0 Å². The molecule has 0 spiro atoms. The van der Waals surface area contributed by atoms with Crippen molar-refractivity contribution in [1.29, 1.82) is 0 Å². The number of sulfonamides is 1. The smallest absolute Gasteiger partial charge is 0.251 e. The number of anilines is 1. The SMILES string of the molecule is CCNS(=O)(=O)CCNC(=O)c1cc(Br)cc(N)c1C. The lowest BCUT2D eigenvalue weighted by molar-refractivity contribution is 0.0955. The molecule has 0 saturated carbocycles. The van der Waals surface area contributed by atoms with Gasteiger partial charge in [0.1, 0.15) is 0 Å². The minimum Gasteiger partial charge on any atom is -0.398 e. The van der Waals surface area contributed by atoms with Crippen molar-refractivity contribution in [3.8, 4) is 0 Å². The molecule has 0 radical (unpaired) electrons. The van der Waals surface area contributed by atoms with Crippen LogP contribution >= 0.6 is 15.9 Å². The largest absolute Gasteiger partial charge is 0.398 e. The molecule has 0 bridgehead atoms. The number of nitrogens with two attached hydrogens (primary N) is 1. The minimum absolute atomic E-state index is 0.0417. The number of nitrogen functional groups attached to an aromatic ring is 1. The number of nitrogens with one attached hydrogen (secondary N) is 2. The number of amides is 1. The summed E-state index contributed by atoms with van der Waals surface area (Å²) in [5, 5.41) is 2.57. The Morgan fingerprint density at radius 3 is 2.65 bits per heavy atom. The van der Waals surface area contributed by atoms with Crippen molar-refractivity contribution in [1.82, 2.24) is 10.0 Å². The van der Waals surface area contributed by atoms with Crippen LogP contribution < -0.4 is 15.8 Å². The molecule has 0 aromatic heterocycles. The quantitative estimate of drug-likeness (QED) is 0.656. The van der Waals surface area contributed by atoms with E-state index in [0.717, 1.165) is 0 Å². The zero-order chi connectivity index (χ0) is 15.3. The third kappa shape index (κ3) is 4.77. The van der Waals surface area contributed by atoms with Crippen LogP contribution in [0.5, 0.6) is 0 Å². The average Bonchev–Trinajstić information content (AvgIpc) is 2.33. The van der Waals surface area contributed by atoms with Gasteiger partial charge in [-0.3, -0.25) is 4.79 Å². The Hall–Kier alpha value is -1.12. The number of rotatable bonds is 6. The molecular formula is C12H18BrN3O3S. The zero-order valence-electron chi connectivity index (χ0n) is 11.4. The molecule has 20 heavy (non-hydrogen) atoms. The summed E-state index contributed by atoms with van der Waals surface area (Å²) in [6.07, 6.45) is 0. The first-order chi connectivity index (χ1) is 9.26. The Kier molecular flexibility index (Phi) is 5.97. The molecule has 1 aromatic rings. The fraction of sp³-hybridized carbons (Fsp3) is 0.417. The van der Waals surface area contributed by atoms with E-state index in [1.54, 1.807) is 26.0 Å². The average molecular weight is 364 g/mol. The molecular weight excluding hydrogens is 346 g/mol. The molecule has 0 unspecified atom stereocenters. The molecule has 0 fully saturated rings. The predicted octanol–water partition coefficient (Wildman–Crippen LogP) is 1.01. The highest BCUT2D eigenvalue weighted by molar-refractivity contribution is 9.10. The lowest BCUT2D eigenvalue weighted by Crippen LogP contribution is -2.34. The molecule has 1 aromatic carbocycles. The van der Waals surface area contributed by atoms with Crippen LogP contribution in [-0.4, -0.2) is 33.2 Å². The van der Waals surface area contributed by atoms with Crippen molar-refractivity contribution in [2.45, 2.75) is 13.8 Å². The van der Waals surface area contributed by atoms with E-state index in [1.807, 2.05) is 0 Å². The van der Waals surface area contributed by atoms with Gasteiger partial charge in [-0.2, -0.15) is 0 Å². The normalized spacial score (nSPS) is 11.3. The Balaban J connectivity index is 2.69. The van der Waals surface area contributed by atoms with E-state index in [1.165, 1.54) is 0 Å². The molecule has 0 atom stereocenters. The second-order valence-corrected chi connectivity index (χ2v) is 7.08. The monoisotopic (exact) mass is 363 g/mol. The first-order valence-electron chi connectivity index (χ1n) is 6.08. The lowest BCUT2D eigenvalue weighted by atomic mass is 10.1. The van der Waals surface area contributed by atoms with Gasteiger partial charge >= 0.3 is 0 Å². The molecule has 0 aliphatic rings. The van der Waals surface area contributed by atoms with E-state index in [9.17, 15) is 13.2 Å². The van der Waals surface area contributed by atoms with Crippen molar-refractivity contribution >= 4 is 37.5 Å². The Bertz CT molecular complexity index is 602. The highest BCUT2D eigenvalue weighted by atomic mass is 79.9. The van der Waals surface area contributed by atoms with Crippen molar-refractivity contribution in [2.75, 3.05) is 24.6 Å². The molecule has 1 amide bonds. The second-order valence-electron chi connectivity index (χ2n) is 4.24. The Morgan fingerprint density at radius 2 is 2.05 bits per heavy atom. The number of carbonyl (C=O) groups excluding carboxylic acids is 1. The summed E-state index contributed by atoms with van der Waals surface area (Å²) < 4.78 is 25.9. The number of benzene rings is 1. The summed E-state index contributed by atoms with van der Waals surface area (Å²) in [5.74, 6) is -0.503. The van der Waals surface area contributed by atoms with Crippen LogP contribution in [0.25, 0.3) is 0 Å². The number of hydrogen-bond donors (Lipinski definition) is 3. The van der Waals surface area contributed by atoms with Gasteiger partial charge < -0.3 is 11.1 Å². The fourth-order valence-corrected chi connectivity index (χ4v) is 3.05. The van der Waals surface area contributed by atoms with Gasteiger partial charge in [-0.1, -0.05) is 22.9 Å². The van der Waals surface area contributed by atoms with Gasteiger partial charge in [0.15, 0.2) is 0 Å². The maximum atomic E-state index is 12.0. The van der Waals surface area contributed by atoms with Crippen molar-refractivity contribution in [2.24, 2.45) is 0 Å². The van der Waals surface area contributed by atoms with Gasteiger partial charge in [-0.25, -0.2) is 13.1 Å². The van der Waals surface area contributed by atoms with Gasteiger partial charge in [-0.05, 0) is 24.6 Å². The Labute approximate surface area is 127 Å². The van der Waals surface area contributed by atoms with E-state index < -0.39 is 10.0 Å². The summed E-state index contributed by atoms with van der Waals surface area (Å²) in [7, 11) is -3.33. The van der Waals surface area contributed by atoms with E-state index in [2.05, 4.69) is 26.0 Å². The first-order valence-corrected chi connectivity index (χ1v) is 8.52. The maximum Gasteiger partial charge on any atom is 0.251 e. The highest BCUT2D eigenvalue weighted by Crippen LogP contribution is 2.22. The fourth-order valence-electron chi connectivity index (χ4n) is 1.62. The summed E-state index contributed by atoms with van der Waals surface area (Å²) in [4.78, 5) is 12.0. The minimum atomic E-state index is -3.33. The van der Waals surface area contributed by atoms with Crippen LogP contribution in [0.3, 0.4) is 0 Å². The molecule has 0 aliphatic heterocycles. The van der Waals surface area contributed by atoms with Crippen LogP contribution in [-0.2, 0) is 10.0 Å². The predicted molar refractivity (Wildman–Crippen MR) is 83.1 cm³/mol. The highest BCUT2D eigenvalue weighted by Gasteiger charge is 2.14. The van der Waals surface area contributed by atoms with Crippen LogP contribution in [0, 0.1) is 6.92 Å². The van der Waals surface area contributed by atoms with E-state index in [0.29, 0.717) is 27.8 Å². The number of carbonyl (C=O) groups is 1. The number of halogens is 1. The summed E-state index contributed by atoms with van der Waals surface area (Å²) in [6.45, 7) is 3.81. The van der Waals surface area contributed by atoms with E-state index in [4.69, 9.17) is 5.73 Å². The van der Waals surface area contributed by atoms with Gasteiger partial charge in [0.25, 0.3) is 5.91 Å². The van der Waals surface area contributed by atoms with Crippen molar-refractivity contribution in [3.05, 3.63) is 27.7 Å². The van der Waals surface area contributed by atoms with Crippen LogP contribution in [0.4, 0.5) is 5.69 Å². The molecule has 1 rings (SSSR count). The lowest BCUT2D eigenvalue weighted by Gasteiger charge is -2.10. The molecule has 0 heterocycles. The van der Waals surface area contributed by atoms with Crippen LogP contribution in [0.15, 0.2) is 16.6 Å². The van der Waals surface area contributed by atoms with Crippen molar-refractivity contribution in [3.63, 3.8) is 0 Å². The summed E-state index contributed by atoms with van der Waals surface area (Å²) in [6, 6.07) is 3.36. The number of hydrogen-bond acceptors (Lipinski definition) is 4. The van der Waals surface area contributed by atoms with Crippen molar-refractivity contribution < 1.29 is 13.2 Å².